The molecule has 4 rings (SSSR count). The van der Waals surface area contributed by atoms with Crippen LogP contribution in [0.5, 0.6) is 0 Å². The maximum absolute atomic E-state index is 9.30. The summed E-state index contributed by atoms with van der Waals surface area (Å²) in [6, 6.07) is 7.89. The fraction of sp³-hybridized carbons (Fsp3) is 0.211. The number of nitriles is 2. The molecule has 1 aromatic carbocycles. The van der Waals surface area contributed by atoms with E-state index < -0.39 is 0 Å². The van der Waals surface area contributed by atoms with Gasteiger partial charge in [-0.1, -0.05) is 73.1 Å². The molecular formula is C19H12N2S9. The molecule has 152 valence electrons. The average molecular weight is 557 g/mol. The van der Waals surface area contributed by atoms with Gasteiger partial charge in [-0.05, 0) is 23.6 Å². The topological polar surface area (TPSA) is 47.6 Å². The molecule has 11 heteroatoms. The van der Waals surface area contributed by atoms with Gasteiger partial charge in [0.15, 0.2) is 0 Å². The summed E-state index contributed by atoms with van der Waals surface area (Å²) in [5.41, 5.74) is 0.863. The van der Waals surface area contributed by atoms with Crippen molar-refractivity contribution in [3.63, 3.8) is 0 Å². The molecule has 0 bridgehead atoms. The lowest BCUT2D eigenvalue weighted by Crippen LogP contribution is -1.96. The van der Waals surface area contributed by atoms with Gasteiger partial charge in [0.05, 0.1) is 32.6 Å². The fourth-order valence-electron chi connectivity index (χ4n) is 2.51. The molecule has 30 heavy (non-hydrogen) atoms. The lowest BCUT2D eigenvalue weighted by atomic mass is 10.1. The summed E-state index contributed by atoms with van der Waals surface area (Å²) in [6.45, 7) is 4.39. The van der Waals surface area contributed by atoms with Crippen molar-refractivity contribution in [1.29, 1.82) is 10.5 Å². The third-order valence-corrected chi connectivity index (χ3v) is 15.3. The second-order valence-corrected chi connectivity index (χ2v) is 16.3. The zero-order chi connectivity index (χ0) is 21.3. The zero-order valence-corrected chi connectivity index (χ0v) is 23.0. The van der Waals surface area contributed by atoms with Crippen LogP contribution < -0.4 is 8.38 Å². The smallest absolute Gasteiger partial charge is 0.110 e. The molecule has 0 amide bonds. The van der Waals surface area contributed by atoms with Crippen molar-refractivity contribution in [2.24, 2.45) is 0 Å². The highest BCUT2D eigenvalue weighted by Crippen LogP contribution is 2.58. The van der Waals surface area contributed by atoms with Crippen molar-refractivity contribution in [1.82, 2.24) is 0 Å². The molecule has 1 aromatic heterocycles. The largest absolute Gasteiger partial charge is 0.192 e. The van der Waals surface area contributed by atoms with E-state index in [0.29, 0.717) is 11.1 Å². The van der Waals surface area contributed by atoms with Gasteiger partial charge in [-0.2, -0.15) is 10.5 Å². The molecule has 0 saturated carbocycles. The van der Waals surface area contributed by atoms with Gasteiger partial charge in [0, 0.05) is 9.79 Å². The first-order valence-electron chi connectivity index (χ1n) is 8.66. The molecule has 0 spiro atoms. The van der Waals surface area contributed by atoms with Crippen LogP contribution in [0.1, 0.15) is 25.0 Å². The van der Waals surface area contributed by atoms with Crippen LogP contribution in [0.3, 0.4) is 0 Å². The Labute approximate surface area is 213 Å². The van der Waals surface area contributed by atoms with Gasteiger partial charge in [0.25, 0.3) is 0 Å². The summed E-state index contributed by atoms with van der Waals surface area (Å²) >= 11 is 20.1. The van der Waals surface area contributed by atoms with Crippen LogP contribution in [0.25, 0.3) is 8.47 Å². The van der Waals surface area contributed by atoms with Crippen molar-refractivity contribution >= 4 is 114 Å². The molecule has 3 heterocycles. The van der Waals surface area contributed by atoms with E-state index in [0.717, 1.165) is 33.9 Å². The van der Waals surface area contributed by atoms with Crippen molar-refractivity contribution in [3.8, 4) is 12.1 Å². The Morgan fingerprint density at radius 2 is 1.37 bits per heavy atom. The maximum atomic E-state index is 9.30. The summed E-state index contributed by atoms with van der Waals surface area (Å²) in [6.07, 6.45) is 0. The highest BCUT2D eigenvalue weighted by atomic mass is 32.3. The van der Waals surface area contributed by atoms with Crippen LogP contribution in [0.2, 0.25) is 0 Å². The van der Waals surface area contributed by atoms with Gasteiger partial charge < -0.3 is 0 Å². The molecule has 0 radical (unpaired) electrons. The number of benzene rings is 1. The predicted molar refractivity (Wildman–Crippen MR) is 145 cm³/mol. The first-order valence-corrected chi connectivity index (χ1v) is 15.9. The highest BCUT2D eigenvalue weighted by molar-refractivity contribution is 8.45. The number of thioether (sulfide) groups is 6. The lowest BCUT2D eigenvalue weighted by molar-refractivity contribution is 1.23. The van der Waals surface area contributed by atoms with Gasteiger partial charge in [-0.15, -0.1) is 46.2 Å². The molecule has 2 nitrogen and oxygen atoms in total. The van der Waals surface area contributed by atoms with E-state index in [1.807, 2.05) is 59.2 Å². The molecule has 0 saturated heterocycles. The summed E-state index contributed by atoms with van der Waals surface area (Å²) in [5, 5.41) is 18.6. The van der Waals surface area contributed by atoms with E-state index in [2.05, 4.69) is 26.0 Å². The molecule has 0 fully saturated rings. The van der Waals surface area contributed by atoms with Crippen molar-refractivity contribution in [3.05, 3.63) is 43.9 Å². The fourth-order valence-corrected chi connectivity index (χ4v) is 14.4. The Kier molecular flexibility index (Phi) is 7.99. The molecule has 2 aliphatic rings. The summed E-state index contributed by atoms with van der Waals surface area (Å²) in [7, 11) is 0. The van der Waals surface area contributed by atoms with Crippen LogP contribution in [-0.2, 0) is 0 Å². The average Bonchev–Trinajstić information content (AvgIpc) is 3.44. The highest BCUT2D eigenvalue weighted by Gasteiger charge is 2.24. The minimum Gasteiger partial charge on any atom is -0.192 e. The summed E-state index contributed by atoms with van der Waals surface area (Å²) in [4.78, 5) is 2.06. The van der Waals surface area contributed by atoms with E-state index in [-0.39, 0.29) is 0 Å². The van der Waals surface area contributed by atoms with E-state index in [1.54, 1.807) is 46.2 Å². The molecular weight excluding hydrogens is 545 g/mol. The molecule has 0 unspecified atom stereocenters. The Morgan fingerprint density at radius 3 is 1.83 bits per heavy atom. The second-order valence-electron chi connectivity index (χ2n) is 5.60. The van der Waals surface area contributed by atoms with E-state index in [4.69, 9.17) is 12.2 Å². The summed E-state index contributed by atoms with van der Waals surface area (Å²) < 4.78 is 8.61. The summed E-state index contributed by atoms with van der Waals surface area (Å²) in [5.74, 6) is 2.16. The van der Waals surface area contributed by atoms with Crippen LogP contribution in [-0.4, -0.2) is 11.5 Å². The third-order valence-electron chi connectivity index (χ3n) is 3.74. The molecule has 0 N–H and O–H groups in total. The first-order chi connectivity index (χ1) is 14.6. The molecule has 0 aliphatic carbocycles. The van der Waals surface area contributed by atoms with Crippen LogP contribution in [0.15, 0.2) is 30.4 Å². The number of nitrogens with zero attached hydrogens (tertiary/aromatic N) is 2. The third kappa shape index (κ3) is 4.70. The number of fused-ring (bicyclic) bond motifs is 1. The SMILES string of the molecule is CCSC1=C(SCC)SC(=c2sc(=S)c(=C3Sc4cc(C#N)c(C#N)cc4S3)s2)S1. The van der Waals surface area contributed by atoms with Crippen molar-refractivity contribution in [2.75, 3.05) is 11.5 Å². The Morgan fingerprint density at radius 1 is 0.833 bits per heavy atom. The van der Waals surface area contributed by atoms with Gasteiger partial charge in [0.1, 0.15) is 19.8 Å². The Bertz CT molecular complexity index is 1250. The normalized spacial score (nSPS) is 15.5. The second kappa shape index (κ2) is 10.3. The van der Waals surface area contributed by atoms with Crippen molar-refractivity contribution < 1.29 is 0 Å². The molecule has 0 atom stereocenters. The molecule has 2 aliphatic heterocycles. The standard InChI is InChI=1S/C19H12N2S9/c1-3-23-16-17(24-4-2)30-19(29-16)18-27-13(14(22)28-18)15-25-11-5-9(7-20)10(8-21)6-12(11)26-15/h5-6H,3-4H2,1-2H3. The number of rotatable bonds is 4. The minimum atomic E-state index is 0.432. The van der Waals surface area contributed by atoms with E-state index >= 15 is 0 Å². The minimum absolute atomic E-state index is 0.432. The van der Waals surface area contributed by atoms with Crippen molar-refractivity contribution in [2.45, 2.75) is 23.6 Å². The monoisotopic (exact) mass is 556 g/mol. The van der Waals surface area contributed by atoms with Gasteiger partial charge in [0.2, 0.25) is 0 Å². The Hall–Kier alpha value is 0.0500. The zero-order valence-electron chi connectivity index (χ0n) is 15.6. The first kappa shape index (κ1) is 23.2. The van der Waals surface area contributed by atoms with E-state index in [9.17, 15) is 10.5 Å². The van der Waals surface area contributed by atoms with Gasteiger partial charge in [-0.25, -0.2) is 0 Å². The molecule has 2 aromatic rings. The quantitative estimate of drug-likeness (QED) is 0.358. The van der Waals surface area contributed by atoms with Gasteiger partial charge >= 0.3 is 0 Å². The van der Waals surface area contributed by atoms with Crippen LogP contribution in [0, 0.1) is 26.5 Å². The van der Waals surface area contributed by atoms with Crippen LogP contribution >= 0.6 is 105 Å². The number of hydrogen-bond acceptors (Lipinski definition) is 11. The van der Waals surface area contributed by atoms with Gasteiger partial charge in [-0.3, -0.25) is 0 Å². The number of hydrogen-bond donors (Lipinski definition) is 0. The lowest BCUT2D eigenvalue weighted by Gasteiger charge is -1.99. The van der Waals surface area contributed by atoms with Crippen LogP contribution in [0.4, 0.5) is 0 Å². The van der Waals surface area contributed by atoms with E-state index in [1.165, 1.54) is 16.6 Å². The maximum Gasteiger partial charge on any atom is 0.110 e. The Balaban J connectivity index is 1.73. The predicted octanol–water partition coefficient (Wildman–Crippen LogP) is 7.42.